The van der Waals surface area contributed by atoms with Crippen molar-refractivity contribution in [1.82, 2.24) is 24.4 Å². The second kappa shape index (κ2) is 17.4. The number of nitrogens with two attached hydrogens (primary N) is 1. The van der Waals surface area contributed by atoms with Gasteiger partial charge in [0.2, 0.25) is 5.91 Å². The van der Waals surface area contributed by atoms with Crippen LogP contribution in [0.5, 0.6) is 0 Å². The highest BCUT2D eigenvalue weighted by molar-refractivity contribution is 7.97. The molecule has 10 heteroatoms. The standard InChI is InChI=1S/C14H26N4O2.C11H14N2OS.C2H6/c1-17-6-8-18(9-7-17)14(20)16-12(13(15)19)10-11-4-2-3-5-11;14-10-5-2-4-8-13(9-10)15-11-6-1-3-7-12-11;1-2/h11-12H,2-10H2,1H3,(H2,15,19)(H,16,20);1,3,6-7H,2,4-5,8-9H2;1-2H3. The lowest BCUT2D eigenvalue weighted by atomic mass is 9.98. The molecule has 2 saturated heterocycles. The van der Waals surface area contributed by atoms with E-state index in [0.717, 1.165) is 56.8 Å². The Morgan fingerprint density at radius 3 is 2.41 bits per heavy atom. The minimum atomic E-state index is -0.523. The third kappa shape index (κ3) is 11.8. The number of rotatable bonds is 6. The van der Waals surface area contributed by atoms with Gasteiger partial charge < -0.3 is 20.9 Å². The van der Waals surface area contributed by atoms with Gasteiger partial charge in [0.25, 0.3) is 0 Å². The quantitative estimate of drug-likeness (QED) is 0.537. The first-order valence-electron chi connectivity index (χ1n) is 13.8. The van der Waals surface area contributed by atoms with E-state index in [-0.39, 0.29) is 6.03 Å². The minimum absolute atomic E-state index is 0.153. The number of piperazine rings is 1. The first-order chi connectivity index (χ1) is 17.9. The van der Waals surface area contributed by atoms with Crippen LogP contribution in [0.2, 0.25) is 0 Å². The average Bonchev–Trinajstić information content (AvgIpc) is 3.33. The van der Waals surface area contributed by atoms with E-state index in [1.807, 2.05) is 39.1 Å². The molecule has 3 amide bonds. The number of hydrogen-bond donors (Lipinski definition) is 2. The van der Waals surface area contributed by atoms with Crippen molar-refractivity contribution in [1.29, 1.82) is 0 Å². The smallest absolute Gasteiger partial charge is 0.318 e. The number of hydrogen-bond acceptors (Lipinski definition) is 7. The summed E-state index contributed by atoms with van der Waals surface area (Å²) in [4.78, 5) is 43.3. The summed E-state index contributed by atoms with van der Waals surface area (Å²) in [6.45, 7) is 8.69. The van der Waals surface area contributed by atoms with E-state index in [0.29, 0.717) is 37.8 Å². The van der Waals surface area contributed by atoms with Crippen LogP contribution in [0.4, 0.5) is 4.79 Å². The van der Waals surface area contributed by atoms with Crippen LogP contribution < -0.4 is 11.1 Å². The van der Waals surface area contributed by atoms with E-state index in [4.69, 9.17) is 5.73 Å². The van der Waals surface area contributed by atoms with Gasteiger partial charge in [-0.15, -0.1) is 0 Å². The molecular formula is C27H46N6O3S. The number of amides is 3. The first-order valence-corrected chi connectivity index (χ1v) is 14.6. The number of nitrogens with one attached hydrogen (secondary N) is 1. The number of Topliss-reactive ketones (excluding diaryl/α,β-unsaturated/α-hetero) is 1. The lowest BCUT2D eigenvalue weighted by Crippen LogP contribution is -2.55. The highest BCUT2D eigenvalue weighted by Crippen LogP contribution is 2.28. The van der Waals surface area contributed by atoms with Gasteiger partial charge in [0, 0.05) is 45.3 Å². The van der Waals surface area contributed by atoms with Crippen LogP contribution in [0.25, 0.3) is 0 Å². The van der Waals surface area contributed by atoms with Gasteiger partial charge >= 0.3 is 6.03 Å². The normalized spacial score (nSPS) is 20.1. The van der Waals surface area contributed by atoms with Crippen LogP contribution in [0.3, 0.4) is 0 Å². The Balaban J connectivity index is 0.000000252. The fraction of sp³-hybridized carbons (Fsp3) is 0.704. The predicted octanol–water partition coefficient (Wildman–Crippen LogP) is 3.55. The van der Waals surface area contributed by atoms with Crippen molar-refractivity contribution in [3.63, 3.8) is 0 Å². The fourth-order valence-corrected chi connectivity index (χ4v) is 5.59. The van der Waals surface area contributed by atoms with E-state index >= 15 is 0 Å². The second-order valence-electron chi connectivity index (χ2n) is 9.70. The van der Waals surface area contributed by atoms with Gasteiger partial charge in [-0.1, -0.05) is 45.6 Å². The molecule has 1 saturated carbocycles. The zero-order valence-corrected chi connectivity index (χ0v) is 23.7. The second-order valence-corrected chi connectivity index (χ2v) is 10.8. The molecule has 2 aliphatic heterocycles. The molecule has 0 aromatic carbocycles. The Morgan fingerprint density at radius 1 is 1.08 bits per heavy atom. The molecular weight excluding hydrogens is 488 g/mol. The topological polar surface area (TPSA) is 112 Å². The number of urea groups is 1. The van der Waals surface area contributed by atoms with Crippen LogP contribution in [-0.2, 0) is 9.59 Å². The maximum Gasteiger partial charge on any atom is 0.318 e. The lowest BCUT2D eigenvalue weighted by Gasteiger charge is -2.33. The Labute approximate surface area is 227 Å². The molecule has 1 unspecified atom stereocenters. The summed E-state index contributed by atoms with van der Waals surface area (Å²) in [6.07, 6.45) is 10.1. The molecule has 9 nitrogen and oxygen atoms in total. The summed E-state index contributed by atoms with van der Waals surface area (Å²) >= 11 is 1.58. The average molecular weight is 535 g/mol. The van der Waals surface area contributed by atoms with Crippen molar-refractivity contribution >= 4 is 29.7 Å². The summed E-state index contributed by atoms with van der Waals surface area (Å²) in [6, 6.07) is 5.16. The fourth-order valence-electron chi connectivity index (χ4n) is 4.65. The molecule has 1 atom stereocenters. The van der Waals surface area contributed by atoms with Gasteiger partial charge in [0.15, 0.2) is 0 Å². The van der Waals surface area contributed by atoms with E-state index in [1.54, 1.807) is 23.0 Å². The van der Waals surface area contributed by atoms with Crippen molar-refractivity contribution in [2.24, 2.45) is 11.7 Å². The molecule has 4 rings (SSSR count). The molecule has 1 aromatic rings. The molecule has 0 radical (unpaired) electrons. The van der Waals surface area contributed by atoms with Gasteiger partial charge in [-0.25, -0.2) is 14.1 Å². The van der Waals surface area contributed by atoms with Crippen molar-refractivity contribution in [2.45, 2.75) is 76.3 Å². The molecule has 1 aromatic heterocycles. The molecule has 37 heavy (non-hydrogen) atoms. The van der Waals surface area contributed by atoms with E-state index in [9.17, 15) is 14.4 Å². The summed E-state index contributed by atoms with van der Waals surface area (Å²) in [5, 5.41) is 3.79. The summed E-state index contributed by atoms with van der Waals surface area (Å²) in [5.41, 5.74) is 5.43. The zero-order valence-electron chi connectivity index (χ0n) is 22.9. The van der Waals surface area contributed by atoms with Crippen LogP contribution in [0.1, 0.15) is 65.2 Å². The Hall–Kier alpha value is -2.17. The largest absolute Gasteiger partial charge is 0.368 e. The van der Waals surface area contributed by atoms with Crippen LogP contribution in [0, 0.1) is 5.92 Å². The molecule has 208 valence electrons. The zero-order chi connectivity index (χ0) is 27.0. The number of ketones is 1. The van der Waals surface area contributed by atoms with Crippen molar-refractivity contribution in [2.75, 3.05) is 46.3 Å². The van der Waals surface area contributed by atoms with E-state index in [2.05, 4.69) is 19.5 Å². The maximum atomic E-state index is 12.2. The Bertz CT molecular complexity index is 814. The summed E-state index contributed by atoms with van der Waals surface area (Å²) in [7, 11) is 2.04. The van der Waals surface area contributed by atoms with Crippen LogP contribution in [-0.4, -0.2) is 89.2 Å². The molecule has 0 bridgehead atoms. The predicted molar refractivity (Wildman–Crippen MR) is 149 cm³/mol. The number of carbonyl (C=O) groups is 3. The highest BCUT2D eigenvalue weighted by Gasteiger charge is 2.27. The first kappa shape index (κ1) is 31.1. The number of likely N-dealkylation sites (N-methyl/N-ethyl adjacent to an activating group) is 1. The number of pyridine rings is 1. The minimum Gasteiger partial charge on any atom is -0.368 e. The van der Waals surface area contributed by atoms with E-state index in [1.165, 1.54) is 12.8 Å². The van der Waals surface area contributed by atoms with Crippen molar-refractivity contribution < 1.29 is 14.4 Å². The number of aromatic nitrogens is 1. The van der Waals surface area contributed by atoms with Crippen LogP contribution >= 0.6 is 11.9 Å². The van der Waals surface area contributed by atoms with Crippen LogP contribution in [0.15, 0.2) is 29.4 Å². The monoisotopic (exact) mass is 534 g/mol. The third-order valence-electron chi connectivity index (χ3n) is 6.80. The molecule has 3 heterocycles. The number of primary amides is 1. The Kier molecular flexibility index (Phi) is 14.6. The SMILES string of the molecule is CC.CN1CCN(C(=O)NC(CC2CCCC2)C(N)=O)CC1.O=C1CCCCN(Sc2ccccn2)C1. The lowest BCUT2D eigenvalue weighted by molar-refractivity contribution is -0.120. The molecule has 3 N–H and O–H groups in total. The molecule has 0 spiro atoms. The third-order valence-corrected chi connectivity index (χ3v) is 7.80. The molecule has 1 aliphatic carbocycles. The van der Waals surface area contributed by atoms with Crippen molar-refractivity contribution in [3.8, 4) is 0 Å². The molecule has 3 fully saturated rings. The molecule has 3 aliphatic rings. The van der Waals surface area contributed by atoms with Gasteiger partial charge in [0.05, 0.1) is 6.54 Å². The Morgan fingerprint density at radius 2 is 1.78 bits per heavy atom. The van der Waals surface area contributed by atoms with Gasteiger partial charge in [-0.3, -0.25) is 9.59 Å². The van der Waals surface area contributed by atoms with Gasteiger partial charge in [-0.05, 0) is 56.3 Å². The number of carbonyl (C=O) groups excluding carboxylic acids is 3. The number of nitrogens with zero attached hydrogens (tertiary/aromatic N) is 4. The van der Waals surface area contributed by atoms with E-state index < -0.39 is 11.9 Å². The maximum absolute atomic E-state index is 12.2. The summed E-state index contributed by atoms with van der Waals surface area (Å²) in [5.74, 6) is 0.454. The highest BCUT2D eigenvalue weighted by atomic mass is 32.2. The summed E-state index contributed by atoms with van der Waals surface area (Å²) < 4.78 is 2.11. The van der Waals surface area contributed by atoms with Crippen molar-refractivity contribution in [3.05, 3.63) is 24.4 Å². The van der Waals surface area contributed by atoms with Gasteiger partial charge in [0.1, 0.15) is 16.9 Å². The van der Waals surface area contributed by atoms with Gasteiger partial charge in [-0.2, -0.15) is 0 Å².